The Hall–Kier alpha value is -1.85. The molecule has 2 heterocycles. The minimum Gasteiger partial charge on any atom is -0.382 e. The van der Waals surface area contributed by atoms with Crippen molar-refractivity contribution >= 4 is 22.9 Å². The Kier molecular flexibility index (Phi) is 2.85. The number of nitrogens with zero attached hydrogens (tertiary/aromatic N) is 4. The van der Waals surface area contributed by atoms with Crippen LogP contribution >= 0.6 is 0 Å². The van der Waals surface area contributed by atoms with Crippen LogP contribution in [-0.4, -0.2) is 19.5 Å². The summed E-state index contributed by atoms with van der Waals surface area (Å²) in [5.74, 6) is 0.488. The fourth-order valence-electron chi connectivity index (χ4n) is 1.05. The number of anilines is 2. The minimum atomic E-state index is 0.170. The van der Waals surface area contributed by atoms with Crippen molar-refractivity contribution in [1.82, 2.24) is 19.5 Å². The van der Waals surface area contributed by atoms with Gasteiger partial charge in [0.15, 0.2) is 11.5 Å². The maximum atomic E-state index is 5.56. The molecule has 2 rings (SSSR count). The molecule has 2 aromatic heterocycles. The van der Waals surface area contributed by atoms with Crippen molar-refractivity contribution in [2.75, 3.05) is 11.5 Å². The number of aromatic nitrogens is 4. The molecule has 0 radical (unpaired) electrons. The smallest absolute Gasteiger partial charge is 0.224 e. The number of fused-ring (bicyclic) bond motifs is 1. The van der Waals surface area contributed by atoms with Gasteiger partial charge in [-0.2, -0.15) is 9.97 Å². The van der Waals surface area contributed by atoms with E-state index in [0.29, 0.717) is 17.0 Å². The van der Waals surface area contributed by atoms with Crippen LogP contribution in [0.4, 0.5) is 11.8 Å². The highest BCUT2D eigenvalue weighted by Crippen LogP contribution is 2.15. The van der Waals surface area contributed by atoms with Crippen molar-refractivity contribution in [3.05, 3.63) is 6.33 Å². The maximum Gasteiger partial charge on any atom is 0.224 e. The Morgan fingerprint density at radius 2 is 1.86 bits per heavy atom. The molecule has 6 heteroatoms. The predicted octanol–water partition coefficient (Wildman–Crippen LogP) is 0.554. The second kappa shape index (κ2) is 3.91. The molecule has 0 saturated carbocycles. The van der Waals surface area contributed by atoms with Gasteiger partial charge in [0.1, 0.15) is 5.52 Å². The zero-order valence-corrected chi connectivity index (χ0v) is 8.52. The molecule has 4 N–H and O–H groups in total. The number of hydrogen-bond acceptors (Lipinski definition) is 5. The SMILES string of the molecule is CC.Cn1cnc2c(N)nc(N)nc21. The van der Waals surface area contributed by atoms with E-state index in [0.717, 1.165) is 0 Å². The molecule has 0 aromatic carbocycles. The van der Waals surface area contributed by atoms with E-state index in [1.807, 2.05) is 20.9 Å². The molecule has 0 aliphatic rings. The van der Waals surface area contributed by atoms with Crippen molar-refractivity contribution in [1.29, 1.82) is 0 Å². The fraction of sp³-hybridized carbons (Fsp3) is 0.375. The summed E-state index contributed by atoms with van der Waals surface area (Å²) in [4.78, 5) is 11.8. The van der Waals surface area contributed by atoms with E-state index in [-0.39, 0.29) is 5.95 Å². The lowest BCUT2D eigenvalue weighted by atomic mass is 10.5. The van der Waals surface area contributed by atoms with E-state index in [4.69, 9.17) is 11.5 Å². The van der Waals surface area contributed by atoms with Gasteiger partial charge in [-0.3, -0.25) is 0 Å². The largest absolute Gasteiger partial charge is 0.382 e. The number of rotatable bonds is 0. The van der Waals surface area contributed by atoms with Crippen molar-refractivity contribution in [3.63, 3.8) is 0 Å². The second-order valence-corrected chi connectivity index (χ2v) is 2.49. The van der Waals surface area contributed by atoms with Crippen molar-refractivity contribution in [2.24, 2.45) is 7.05 Å². The van der Waals surface area contributed by atoms with Crippen LogP contribution < -0.4 is 11.5 Å². The van der Waals surface area contributed by atoms with Crippen LogP contribution in [0.25, 0.3) is 11.2 Å². The normalized spacial score (nSPS) is 9.64. The van der Waals surface area contributed by atoms with E-state index in [1.165, 1.54) is 0 Å². The molecule has 76 valence electrons. The third kappa shape index (κ3) is 1.59. The number of aryl methyl sites for hydroxylation is 1. The van der Waals surface area contributed by atoms with Gasteiger partial charge in [0, 0.05) is 7.05 Å². The van der Waals surface area contributed by atoms with Gasteiger partial charge in [0.25, 0.3) is 0 Å². The lowest BCUT2D eigenvalue weighted by Crippen LogP contribution is -2.01. The van der Waals surface area contributed by atoms with E-state index < -0.39 is 0 Å². The standard InChI is InChI=1S/C6H8N6.C2H6/c1-12-2-9-3-4(7)10-6(8)11-5(3)12;1-2/h2H,1H3,(H4,7,8,10,11);1-2H3. The number of nitrogens with two attached hydrogens (primary N) is 2. The molecule has 0 fully saturated rings. The molecule has 0 atom stereocenters. The van der Waals surface area contributed by atoms with Crippen molar-refractivity contribution < 1.29 is 0 Å². The maximum absolute atomic E-state index is 5.56. The van der Waals surface area contributed by atoms with Gasteiger partial charge in [-0.1, -0.05) is 13.8 Å². The van der Waals surface area contributed by atoms with Crippen LogP contribution in [0.3, 0.4) is 0 Å². The zero-order chi connectivity index (χ0) is 10.7. The first-order valence-corrected chi connectivity index (χ1v) is 4.38. The summed E-state index contributed by atoms with van der Waals surface area (Å²) in [5.41, 5.74) is 12.2. The molecule has 0 aliphatic carbocycles. The van der Waals surface area contributed by atoms with Gasteiger partial charge in [-0.15, -0.1) is 0 Å². The summed E-state index contributed by atoms with van der Waals surface area (Å²) in [6, 6.07) is 0. The summed E-state index contributed by atoms with van der Waals surface area (Å²) >= 11 is 0. The second-order valence-electron chi connectivity index (χ2n) is 2.49. The topological polar surface area (TPSA) is 95.6 Å². The summed E-state index contributed by atoms with van der Waals surface area (Å²) in [5, 5.41) is 0. The Morgan fingerprint density at radius 1 is 1.21 bits per heavy atom. The Balaban J connectivity index is 0.000000461. The Bertz CT molecular complexity index is 433. The molecule has 0 bridgehead atoms. The fourth-order valence-corrected chi connectivity index (χ4v) is 1.05. The number of nitrogen functional groups attached to an aromatic ring is 2. The Labute approximate surface area is 82.0 Å². The monoisotopic (exact) mass is 194 g/mol. The average Bonchev–Trinajstić information content (AvgIpc) is 2.52. The first kappa shape index (κ1) is 10.2. The minimum absolute atomic E-state index is 0.170. The average molecular weight is 194 g/mol. The molecule has 2 aromatic rings. The highest BCUT2D eigenvalue weighted by Gasteiger charge is 2.06. The Morgan fingerprint density at radius 3 is 2.50 bits per heavy atom. The first-order valence-electron chi connectivity index (χ1n) is 4.38. The summed E-state index contributed by atoms with van der Waals surface area (Å²) in [7, 11) is 1.82. The summed E-state index contributed by atoms with van der Waals surface area (Å²) in [6.07, 6.45) is 1.62. The number of hydrogen-bond donors (Lipinski definition) is 2. The van der Waals surface area contributed by atoms with Gasteiger partial charge in [0.2, 0.25) is 5.95 Å². The molecule has 0 spiro atoms. The van der Waals surface area contributed by atoms with Gasteiger partial charge in [0.05, 0.1) is 6.33 Å². The molecule has 0 aliphatic heterocycles. The van der Waals surface area contributed by atoms with E-state index in [9.17, 15) is 0 Å². The first-order chi connectivity index (χ1) is 6.68. The van der Waals surface area contributed by atoms with Crippen molar-refractivity contribution in [2.45, 2.75) is 13.8 Å². The molecule has 0 amide bonds. The van der Waals surface area contributed by atoms with E-state index in [1.54, 1.807) is 10.9 Å². The van der Waals surface area contributed by atoms with Crippen LogP contribution in [0.2, 0.25) is 0 Å². The molecule has 0 saturated heterocycles. The number of imidazole rings is 1. The van der Waals surface area contributed by atoms with Gasteiger partial charge < -0.3 is 16.0 Å². The lowest BCUT2D eigenvalue weighted by Gasteiger charge is -1.96. The van der Waals surface area contributed by atoms with Crippen LogP contribution in [0.5, 0.6) is 0 Å². The summed E-state index contributed by atoms with van der Waals surface area (Å²) in [6.45, 7) is 4.00. The van der Waals surface area contributed by atoms with Crippen molar-refractivity contribution in [3.8, 4) is 0 Å². The third-order valence-electron chi connectivity index (χ3n) is 1.60. The third-order valence-corrected chi connectivity index (χ3v) is 1.60. The molecular formula is C8H14N6. The summed E-state index contributed by atoms with van der Waals surface area (Å²) < 4.78 is 1.74. The highest BCUT2D eigenvalue weighted by molar-refractivity contribution is 5.82. The van der Waals surface area contributed by atoms with Crippen LogP contribution in [0, 0.1) is 0 Å². The zero-order valence-electron chi connectivity index (χ0n) is 8.52. The quantitative estimate of drug-likeness (QED) is 0.638. The van der Waals surface area contributed by atoms with Crippen LogP contribution in [-0.2, 0) is 7.05 Å². The highest BCUT2D eigenvalue weighted by atomic mass is 15.1. The molecular weight excluding hydrogens is 180 g/mol. The van der Waals surface area contributed by atoms with Gasteiger partial charge in [-0.25, -0.2) is 4.98 Å². The van der Waals surface area contributed by atoms with Gasteiger partial charge >= 0.3 is 0 Å². The predicted molar refractivity (Wildman–Crippen MR) is 56.5 cm³/mol. The van der Waals surface area contributed by atoms with E-state index in [2.05, 4.69) is 15.0 Å². The molecule has 0 unspecified atom stereocenters. The lowest BCUT2D eigenvalue weighted by molar-refractivity contribution is 0.930. The molecule has 14 heavy (non-hydrogen) atoms. The van der Waals surface area contributed by atoms with Crippen LogP contribution in [0.15, 0.2) is 6.33 Å². The molecule has 6 nitrogen and oxygen atoms in total. The van der Waals surface area contributed by atoms with Crippen LogP contribution in [0.1, 0.15) is 13.8 Å². The van der Waals surface area contributed by atoms with E-state index >= 15 is 0 Å². The van der Waals surface area contributed by atoms with Gasteiger partial charge in [-0.05, 0) is 0 Å².